The third-order valence-electron chi connectivity index (χ3n) is 1.45. The van der Waals surface area contributed by atoms with E-state index in [4.69, 9.17) is 4.74 Å². The number of esters is 1. The number of hydrogen-bond acceptors (Lipinski definition) is 2. The molecule has 2 nitrogen and oxygen atoms in total. The molecule has 0 aliphatic heterocycles. The minimum absolute atomic E-state index is 0. The molecule has 0 N–H and O–H groups in total. The van der Waals surface area contributed by atoms with Crippen LogP contribution in [0.2, 0.25) is 5.02 Å². The molecule has 0 aromatic carbocycles. The minimum atomic E-state index is -0.160. The van der Waals surface area contributed by atoms with Gasteiger partial charge in [0.25, 0.3) is 0 Å². The van der Waals surface area contributed by atoms with Crippen molar-refractivity contribution in [3.8, 4) is 0 Å². The third-order valence-corrected chi connectivity index (χ3v) is 2.50. The third kappa shape index (κ3) is 13.2. The van der Waals surface area contributed by atoms with Crippen LogP contribution in [0.3, 0.4) is 0 Å². The first-order chi connectivity index (χ1) is 5.27. The van der Waals surface area contributed by atoms with Crippen LogP contribution in [-0.4, -0.2) is 12.6 Å². The number of carbonyl (C=O) groups excluding carboxylic acids is 1. The molecule has 12 heavy (non-hydrogen) atoms. The van der Waals surface area contributed by atoms with Crippen LogP contribution in [0.4, 0.5) is 0 Å². The van der Waals surface area contributed by atoms with Crippen LogP contribution in [0.15, 0.2) is 0 Å². The molecule has 0 saturated heterocycles. The molecule has 0 saturated carbocycles. The van der Waals surface area contributed by atoms with Gasteiger partial charge in [-0.15, -0.1) is 0 Å². The first-order valence-electron chi connectivity index (χ1n) is 4.20. The molecule has 0 unspecified atom stereocenters. The van der Waals surface area contributed by atoms with E-state index in [2.05, 4.69) is 0 Å². The summed E-state index contributed by atoms with van der Waals surface area (Å²) in [5.41, 5.74) is 0. The van der Waals surface area contributed by atoms with Crippen molar-refractivity contribution in [3.05, 3.63) is 0 Å². The summed E-state index contributed by atoms with van der Waals surface area (Å²) in [6, 6.07) is 0. The van der Waals surface area contributed by atoms with Gasteiger partial charge in [-0.1, -0.05) is 0 Å². The zero-order valence-corrected chi connectivity index (χ0v) is 12.2. The molecule has 0 aliphatic rings. The average molecular weight is 288 g/mol. The van der Waals surface area contributed by atoms with E-state index in [-0.39, 0.29) is 23.0 Å². The summed E-state index contributed by atoms with van der Waals surface area (Å²) in [4.78, 5) is 10.3. The molecule has 0 bridgehead atoms. The predicted molar refractivity (Wildman–Crippen MR) is 39.9 cm³/mol. The Balaban J connectivity index is 0. The Morgan fingerprint density at radius 2 is 1.83 bits per heavy atom. The summed E-state index contributed by atoms with van der Waals surface area (Å²) in [6.07, 6.45) is 4.87. The number of halogens is 1. The van der Waals surface area contributed by atoms with Crippen molar-refractivity contribution < 1.29 is 44.8 Å². The second-order valence-corrected chi connectivity index (χ2v) is 4.09. The van der Waals surface area contributed by atoms with Crippen molar-refractivity contribution >= 4 is 5.97 Å². The summed E-state index contributed by atoms with van der Waals surface area (Å²) in [5, 5.41) is 1.38. The quantitative estimate of drug-likeness (QED) is 0.359. The second-order valence-electron chi connectivity index (χ2n) is 2.61. The normalized spacial score (nSPS) is 8.92. The maximum Gasteiger partial charge on any atom is -1.00 e. The molecule has 0 amide bonds. The van der Waals surface area contributed by atoms with E-state index in [9.17, 15) is 4.79 Å². The van der Waals surface area contributed by atoms with Crippen molar-refractivity contribution in [2.24, 2.45) is 0 Å². The summed E-state index contributed by atoms with van der Waals surface area (Å²) < 4.78 is 4.79. The topological polar surface area (TPSA) is 26.3 Å². The smallest absolute Gasteiger partial charge is 1.00 e. The first kappa shape index (κ1) is 15.1. The summed E-state index contributed by atoms with van der Waals surface area (Å²) in [5.74, 6) is -0.160. The largest absolute Gasteiger partial charge is 1.00 e. The number of hydrogen-bond donors (Lipinski definition) is 0. The molecule has 4 heteroatoms. The van der Waals surface area contributed by atoms with E-state index in [0.29, 0.717) is 6.61 Å². The zero-order valence-electron chi connectivity index (χ0n) is 7.64. The molecule has 68 valence electrons. The van der Waals surface area contributed by atoms with E-state index in [1.54, 1.807) is 0 Å². The van der Waals surface area contributed by atoms with Gasteiger partial charge in [0.1, 0.15) is 0 Å². The van der Waals surface area contributed by atoms with E-state index >= 15 is 0 Å². The van der Waals surface area contributed by atoms with Crippen molar-refractivity contribution in [2.45, 2.75) is 37.6 Å². The van der Waals surface area contributed by atoms with E-state index in [1.807, 2.05) is 0 Å². The van der Waals surface area contributed by atoms with Gasteiger partial charge < -0.3 is 17.0 Å². The number of carbonyl (C=O) groups is 1. The van der Waals surface area contributed by atoms with Crippen molar-refractivity contribution in [1.29, 1.82) is 0 Å². The Morgan fingerprint density at radius 1 is 1.25 bits per heavy atom. The van der Waals surface area contributed by atoms with E-state index in [1.165, 1.54) is 49.5 Å². The van der Waals surface area contributed by atoms with Crippen molar-refractivity contribution in [1.82, 2.24) is 0 Å². The van der Waals surface area contributed by atoms with Gasteiger partial charge in [0.2, 0.25) is 0 Å². The van der Waals surface area contributed by atoms with Crippen LogP contribution in [0.1, 0.15) is 32.6 Å². The van der Waals surface area contributed by atoms with Gasteiger partial charge in [0.05, 0.1) is 0 Å². The molecule has 0 fully saturated rings. The van der Waals surface area contributed by atoms with E-state index < -0.39 is 0 Å². The second kappa shape index (κ2) is 11.6. The summed E-state index contributed by atoms with van der Waals surface area (Å²) >= 11 is 1.41. The molecule has 0 atom stereocenters. The van der Waals surface area contributed by atoms with Crippen LogP contribution in [0.25, 0.3) is 0 Å². The molecule has 0 spiro atoms. The van der Waals surface area contributed by atoms with Crippen molar-refractivity contribution in [3.63, 3.8) is 0 Å². The van der Waals surface area contributed by atoms with Gasteiger partial charge in [-0.25, -0.2) is 0 Å². The molecule has 0 heterocycles. The Bertz CT molecular complexity index is 109. The molecular formula is C8H15BrO2Zn. The fourth-order valence-corrected chi connectivity index (χ4v) is 1.59. The number of unbranched alkanes of at least 4 members (excludes halogenated alkanes) is 3. The Morgan fingerprint density at radius 3 is 2.33 bits per heavy atom. The summed E-state index contributed by atoms with van der Waals surface area (Å²) in [6.45, 7) is 2.06. The van der Waals surface area contributed by atoms with Crippen LogP contribution in [-0.2, 0) is 27.8 Å². The predicted octanol–water partition coefficient (Wildman–Crippen LogP) is -0.921. The van der Waals surface area contributed by atoms with Gasteiger partial charge in [0.15, 0.2) is 0 Å². The van der Waals surface area contributed by atoms with Crippen molar-refractivity contribution in [2.75, 3.05) is 6.61 Å². The molecule has 0 aromatic rings. The van der Waals surface area contributed by atoms with Crippen LogP contribution >= 0.6 is 0 Å². The maximum absolute atomic E-state index is 10.3. The maximum atomic E-state index is 10.3. The van der Waals surface area contributed by atoms with Gasteiger partial charge >= 0.3 is 78.0 Å². The minimum Gasteiger partial charge on any atom is -1.00 e. The van der Waals surface area contributed by atoms with Gasteiger partial charge in [0, 0.05) is 0 Å². The average Bonchev–Trinajstić information content (AvgIpc) is 1.96. The Kier molecular flexibility index (Phi) is 14.5. The van der Waals surface area contributed by atoms with E-state index in [0.717, 1.165) is 6.42 Å². The molecule has 0 radical (unpaired) electrons. The summed E-state index contributed by atoms with van der Waals surface area (Å²) in [7, 11) is 0. The standard InChI is InChI=1S/C8H15O2.BrH.Zn/c1-3-4-5-6-7-10-8(2)9;;/h1,3-7H2,2H3;1H;/q;;+1/p-1. The Hall–Kier alpha value is 0.573. The molecule has 0 rings (SSSR count). The van der Waals surface area contributed by atoms with Gasteiger partial charge in [-0.2, -0.15) is 0 Å². The number of ether oxygens (including phenoxy) is 1. The fraction of sp³-hybridized carbons (Fsp3) is 0.875. The Labute approximate surface area is 94.9 Å². The molecule has 0 aromatic heterocycles. The van der Waals surface area contributed by atoms with Gasteiger partial charge in [-0.3, -0.25) is 0 Å². The van der Waals surface area contributed by atoms with Crippen LogP contribution in [0.5, 0.6) is 0 Å². The number of rotatable bonds is 6. The first-order valence-corrected chi connectivity index (χ1v) is 6.29. The SMILES string of the molecule is CC(=O)OCCCCC[CH2][Zn+].[Br-]. The monoisotopic (exact) mass is 286 g/mol. The van der Waals surface area contributed by atoms with Gasteiger partial charge in [-0.05, 0) is 0 Å². The fourth-order valence-electron chi connectivity index (χ4n) is 0.848. The van der Waals surface area contributed by atoms with Crippen LogP contribution < -0.4 is 17.0 Å². The van der Waals surface area contributed by atoms with Crippen LogP contribution in [0, 0.1) is 0 Å². The molecular weight excluding hydrogens is 273 g/mol. The molecule has 0 aliphatic carbocycles. The zero-order chi connectivity index (χ0) is 8.53.